The molecule has 1 heterocycles. The SMILES string of the molecule is COc1ccc(C)cc1CN1CCN(CC(=O)Nc2ccc(NC(C)=O)cc2)CC1. The van der Waals surface area contributed by atoms with Crippen molar-refractivity contribution in [3.8, 4) is 5.75 Å². The van der Waals surface area contributed by atoms with Crippen LogP contribution >= 0.6 is 0 Å². The molecule has 1 fully saturated rings. The number of carbonyl (C=O) groups is 2. The number of rotatable bonds is 7. The molecule has 1 aliphatic rings. The van der Waals surface area contributed by atoms with E-state index in [4.69, 9.17) is 4.74 Å². The van der Waals surface area contributed by atoms with Crippen molar-refractivity contribution in [1.29, 1.82) is 0 Å². The van der Waals surface area contributed by atoms with Crippen molar-refractivity contribution < 1.29 is 14.3 Å². The molecule has 2 amide bonds. The highest BCUT2D eigenvalue weighted by atomic mass is 16.5. The van der Waals surface area contributed by atoms with Crippen molar-refractivity contribution in [2.75, 3.05) is 50.5 Å². The second-order valence-electron chi connectivity index (χ2n) is 7.67. The summed E-state index contributed by atoms with van der Waals surface area (Å²) < 4.78 is 5.49. The Morgan fingerprint density at radius 3 is 2.13 bits per heavy atom. The maximum Gasteiger partial charge on any atom is 0.238 e. The monoisotopic (exact) mass is 410 g/mol. The first-order chi connectivity index (χ1) is 14.4. The summed E-state index contributed by atoms with van der Waals surface area (Å²) >= 11 is 0. The molecule has 0 unspecified atom stereocenters. The minimum Gasteiger partial charge on any atom is -0.496 e. The van der Waals surface area contributed by atoms with Crippen molar-refractivity contribution in [2.24, 2.45) is 0 Å². The number of benzene rings is 2. The van der Waals surface area contributed by atoms with Crippen LogP contribution in [0.3, 0.4) is 0 Å². The van der Waals surface area contributed by atoms with Crippen LogP contribution in [-0.2, 0) is 16.1 Å². The van der Waals surface area contributed by atoms with Crippen LogP contribution in [0.15, 0.2) is 42.5 Å². The van der Waals surface area contributed by atoms with Crippen LogP contribution < -0.4 is 15.4 Å². The first-order valence-corrected chi connectivity index (χ1v) is 10.2. The quantitative estimate of drug-likeness (QED) is 0.734. The maximum atomic E-state index is 12.4. The van der Waals surface area contributed by atoms with Crippen molar-refractivity contribution in [3.05, 3.63) is 53.6 Å². The van der Waals surface area contributed by atoms with Crippen molar-refractivity contribution in [3.63, 3.8) is 0 Å². The average Bonchev–Trinajstić information content (AvgIpc) is 2.71. The predicted octanol–water partition coefficient (Wildman–Crippen LogP) is 2.72. The summed E-state index contributed by atoms with van der Waals surface area (Å²) in [6, 6.07) is 13.4. The molecule has 0 saturated carbocycles. The fourth-order valence-corrected chi connectivity index (χ4v) is 3.62. The molecule has 2 aromatic carbocycles. The molecule has 2 aromatic rings. The van der Waals surface area contributed by atoms with Crippen LogP contribution in [0.25, 0.3) is 0 Å². The van der Waals surface area contributed by atoms with Gasteiger partial charge < -0.3 is 15.4 Å². The standard InChI is InChI=1S/C23H30N4O3/c1-17-4-9-22(30-3)19(14-17)15-26-10-12-27(13-11-26)16-23(29)25-21-7-5-20(6-8-21)24-18(2)28/h4-9,14H,10-13,15-16H2,1-3H3,(H,24,28)(H,25,29). The molecule has 0 bridgehead atoms. The number of nitrogens with zero attached hydrogens (tertiary/aromatic N) is 2. The Morgan fingerprint density at radius 1 is 0.933 bits per heavy atom. The third-order valence-electron chi connectivity index (χ3n) is 5.15. The number of methoxy groups -OCH3 is 1. The molecule has 7 heteroatoms. The van der Waals surface area contributed by atoms with Gasteiger partial charge in [0.1, 0.15) is 5.75 Å². The van der Waals surface area contributed by atoms with Crippen LogP contribution in [0.4, 0.5) is 11.4 Å². The van der Waals surface area contributed by atoms with E-state index in [2.05, 4.69) is 39.5 Å². The Kier molecular flexibility index (Phi) is 7.43. The number of hydrogen-bond acceptors (Lipinski definition) is 5. The third-order valence-corrected chi connectivity index (χ3v) is 5.15. The van der Waals surface area contributed by atoms with E-state index in [0.717, 1.165) is 44.2 Å². The summed E-state index contributed by atoms with van der Waals surface area (Å²) in [5.41, 5.74) is 3.86. The second kappa shape index (κ2) is 10.2. The zero-order valence-electron chi connectivity index (χ0n) is 17.9. The number of nitrogens with one attached hydrogen (secondary N) is 2. The second-order valence-corrected chi connectivity index (χ2v) is 7.67. The van der Waals surface area contributed by atoms with Gasteiger partial charge in [-0.15, -0.1) is 0 Å². The molecule has 1 saturated heterocycles. The van der Waals surface area contributed by atoms with Gasteiger partial charge in [0, 0.05) is 56.6 Å². The van der Waals surface area contributed by atoms with Crippen molar-refractivity contribution in [2.45, 2.75) is 20.4 Å². The summed E-state index contributed by atoms with van der Waals surface area (Å²) in [5, 5.41) is 5.63. The molecule has 2 N–H and O–H groups in total. The van der Waals surface area contributed by atoms with Crippen LogP contribution in [0.1, 0.15) is 18.1 Å². The molecule has 0 aromatic heterocycles. The Morgan fingerprint density at radius 2 is 1.53 bits per heavy atom. The first kappa shape index (κ1) is 21.8. The van der Waals surface area contributed by atoms with E-state index in [1.807, 2.05) is 6.07 Å². The Bertz CT molecular complexity index is 875. The number of aryl methyl sites for hydroxylation is 1. The van der Waals surface area contributed by atoms with Gasteiger partial charge in [0.2, 0.25) is 11.8 Å². The van der Waals surface area contributed by atoms with Gasteiger partial charge in [-0.25, -0.2) is 0 Å². The van der Waals surface area contributed by atoms with Crippen molar-refractivity contribution >= 4 is 23.2 Å². The van der Waals surface area contributed by atoms with Crippen molar-refractivity contribution in [1.82, 2.24) is 9.80 Å². The smallest absolute Gasteiger partial charge is 0.238 e. The molecule has 0 spiro atoms. The van der Waals surface area contributed by atoms with Gasteiger partial charge in [0.15, 0.2) is 0 Å². The molecule has 3 rings (SSSR count). The topological polar surface area (TPSA) is 73.9 Å². The number of ether oxygens (including phenoxy) is 1. The molecule has 30 heavy (non-hydrogen) atoms. The van der Waals surface area contributed by atoms with Gasteiger partial charge in [-0.2, -0.15) is 0 Å². The first-order valence-electron chi connectivity index (χ1n) is 10.2. The molecular formula is C23H30N4O3. The summed E-state index contributed by atoms with van der Waals surface area (Å²) in [7, 11) is 1.71. The van der Waals surface area contributed by atoms with Gasteiger partial charge in [-0.05, 0) is 37.3 Å². The lowest BCUT2D eigenvalue weighted by molar-refractivity contribution is -0.117. The van der Waals surface area contributed by atoms with Gasteiger partial charge in [0.25, 0.3) is 0 Å². The van der Waals surface area contributed by atoms with Crippen LogP contribution in [0.2, 0.25) is 0 Å². The van der Waals surface area contributed by atoms with Gasteiger partial charge >= 0.3 is 0 Å². The number of anilines is 2. The third kappa shape index (κ3) is 6.30. The number of amides is 2. The van der Waals surface area contributed by atoms with E-state index in [1.165, 1.54) is 18.1 Å². The van der Waals surface area contributed by atoms with Crippen LogP contribution in [0, 0.1) is 6.92 Å². The Hall–Kier alpha value is -2.90. The zero-order valence-corrected chi connectivity index (χ0v) is 17.9. The fourth-order valence-electron chi connectivity index (χ4n) is 3.62. The lowest BCUT2D eigenvalue weighted by Gasteiger charge is -2.34. The van der Waals surface area contributed by atoms with E-state index in [0.29, 0.717) is 12.2 Å². The lowest BCUT2D eigenvalue weighted by atomic mass is 10.1. The average molecular weight is 411 g/mol. The summed E-state index contributed by atoms with van der Waals surface area (Å²) in [5.74, 6) is 0.773. The molecule has 1 aliphatic heterocycles. The van der Waals surface area contributed by atoms with E-state index < -0.39 is 0 Å². The van der Waals surface area contributed by atoms with E-state index in [-0.39, 0.29) is 11.8 Å². The lowest BCUT2D eigenvalue weighted by Crippen LogP contribution is -2.48. The minimum atomic E-state index is -0.119. The summed E-state index contributed by atoms with van der Waals surface area (Å²) in [6.45, 7) is 8.30. The molecule has 160 valence electrons. The largest absolute Gasteiger partial charge is 0.496 e. The van der Waals surface area contributed by atoms with Gasteiger partial charge in [-0.1, -0.05) is 17.7 Å². The van der Waals surface area contributed by atoms with Gasteiger partial charge in [-0.3, -0.25) is 19.4 Å². The molecule has 0 radical (unpaired) electrons. The summed E-state index contributed by atoms with van der Waals surface area (Å²) in [6.07, 6.45) is 0. The highest BCUT2D eigenvalue weighted by Crippen LogP contribution is 2.22. The highest BCUT2D eigenvalue weighted by Gasteiger charge is 2.20. The Labute approximate surface area is 178 Å². The molecule has 0 aliphatic carbocycles. The normalized spacial score (nSPS) is 14.9. The van der Waals surface area contributed by atoms with E-state index in [9.17, 15) is 9.59 Å². The summed E-state index contributed by atoms with van der Waals surface area (Å²) in [4.78, 5) is 28.0. The number of piperazine rings is 1. The molecular weight excluding hydrogens is 380 g/mol. The van der Waals surface area contributed by atoms with Gasteiger partial charge in [0.05, 0.1) is 13.7 Å². The molecule has 0 atom stereocenters. The predicted molar refractivity (Wildman–Crippen MR) is 119 cm³/mol. The molecule has 7 nitrogen and oxygen atoms in total. The van der Waals surface area contributed by atoms with Crippen LogP contribution in [-0.4, -0.2) is 61.4 Å². The number of hydrogen-bond donors (Lipinski definition) is 2. The fraction of sp³-hybridized carbons (Fsp3) is 0.391. The Balaban J connectivity index is 1.45. The van der Waals surface area contributed by atoms with Crippen LogP contribution in [0.5, 0.6) is 5.75 Å². The number of carbonyl (C=O) groups excluding carboxylic acids is 2. The minimum absolute atomic E-state index is 0.0314. The highest BCUT2D eigenvalue weighted by molar-refractivity contribution is 5.93. The van der Waals surface area contributed by atoms with E-state index >= 15 is 0 Å². The maximum absolute atomic E-state index is 12.4. The zero-order chi connectivity index (χ0) is 21.5. The van der Waals surface area contributed by atoms with E-state index in [1.54, 1.807) is 31.4 Å².